The summed E-state index contributed by atoms with van der Waals surface area (Å²) in [6.07, 6.45) is 3.26. The molecule has 0 radical (unpaired) electrons. The van der Waals surface area contributed by atoms with Gasteiger partial charge in [0.1, 0.15) is 22.9 Å². The molecule has 8 rings (SSSR count). The van der Waals surface area contributed by atoms with E-state index in [9.17, 15) is 30.2 Å². The summed E-state index contributed by atoms with van der Waals surface area (Å²) < 4.78 is 13.7. The van der Waals surface area contributed by atoms with Gasteiger partial charge in [0.25, 0.3) is 11.8 Å². The number of phenolic OH excluding ortho intramolecular Hbond substituents is 2. The number of hydrogen-bond donors (Lipinski definition) is 6. The molecule has 4 aliphatic rings. The van der Waals surface area contributed by atoms with E-state index in [2.05, 4.69) is 84.7 Å². The van der Waals surface area contributed by atoms with Gasteiger partial charge >= 0.3 is 0 Å². The van der Waals surface area contributed by atoms with E-state index in [1.165, 1.54) is 12.3 Å². The lowest BCUT2D eigenvalue weighted by molar-refractivity contribution is -0.115. The van der Waals surface area contributed by atoms with E-state index >= 15 is 0 Å². The largest absolute Gasteiger partial charge is 0.503 e. The van der Waals surface area contributed by atoms with Gasteiger partial charge in [0, 0.05) is 25.6 Å². The Labute approximate surface area is 319 Å². The van der Waals surface area contributed by atoms with Crippen molar-refractivity contribution in [1.82, 2.24) is 10.6 Å². The molecule has 0 fully saturated rings. The van der Waals surface area contributed by atoms with E-state index in [1.54, 1.807) is 60.7 Å². The van der Waals surface area contributed by atoms with Gasteiger partial charge < -0.3 is 40.7 Å². The monoisotopic (exact) mass is 934 g/mol. The van der Waals surface area contributed by atoms with Crippen LogP contribution in [-0.2, 0) is 28.9 Å². The van der Waals surface area contributed by atoms with E-state index in [1.807, 2.05) is 0 Å². The van der Waals surface area contributed by atoms with Crippen LogP contribution in [0, 0.1) is 0 Å². The first-order valence-electron chi connectivity index (χ1n) is 14.6. The van der Waals surface area contributed by atoms with Crippen molar-refractivity contribution in [3.63, 3.8) is 0 Å². The minimum atomic E-state index is -0.665. The number of amides is 2. The van der Waals surface area contributed by atoms with Crippen LogP contribution in [-0.4, -0.2) is 50.4 Å². The first kappa shape index (κ1) is 36.9. The Balaban J connectivity index is 1.48. The average molecular weight is 938 g/mol. The third kappa shape index (κ3) is 9.04. The van der Waals surface area contributed by atoms with Crippen molar-refractivity contribution < 1.29 is 39.7 Å². The predicted octanol–water partition coefficient (Wildman–Crippen LogP) is 7.94. The van der Waals surface area contributed by atoms with Crippen molar-refractivity contribution in [2.24, 2.45) is 10.3 Å². The van der Waals surface area contributed by atoms with Gasteiger partial charge in [-0.1, -0.05) is 22.4 Å². The fourth-order valence-electron chi connectivity index (χ4n) is 4.76. The summed E-state index contributed by atoms with van der Waals surface area (Å²) >= 11 is 13.6. The molecule has 12 nitrogen and oxygen atoms in total. The first-order valence-corrected chi connectivity index (χ1v) is 17.8. The number of carbonyl (C=O) groups excluding carboxylic acids is 2. The van der Waals surface area contributed by atoms with Crippen molar-refractivity contribution in [2.75, 3.05) is 6.54 Å². The first-order chi connectivity index (χ1) is 23.9. The topological polar surface area (TPSA) is 182 Å². The van der Waals surface area contributed by atoms with E-state index in [0.29, 0.717) is 48.0 Å². The molecule has 0 spiro atoms. The minimum absolute atomic E-state index is 0.00949. The molecule has 0 unspecified atom stereocenters. The maximum atomic E-state index is 12.9. The zero-order valence-corrected chi connectivity index (χ0v) is 31.9. The molecule has 4 heterocycles. The lowest BCUT2D eigenvalue weighted by Gasteiger charge is -2.14. The quantitative estimate of drug-likeness (QED) is 0.0759. The number of ether oxygens (including phenoxy) is 2. The van der Waals surface area contributed by atoms with Crippen LogP contribution in [0.25, 0.3) is 6.08 Å². The van der Waals surface area contributed by atoms with Crippen molar-refractivity contribution >= 4 is 93.0 Å². The summed E-state index contributed by atoms with van der Waals surface area (Å²) in [5.41, 5.74) is 2.19. The molecule has 8 bridgehead atoms. The number of carbonyl (C=O) groups is 2. The number of benzene rings is 4. The Hall–Kier alpha value is -4.38. The molecule has 0 saturated carbocycles. The van der Waals surface area contributed by atoms with Gasteiger partial charge in [0.15, 0.2) is 23.0 Å². The number of nitrogens with one attached hydrogen (secondary N) is 2. The Morgan fingerprint density at radius 2 is 1.16 bits per heavy atom. The van der Waals surface area contributed by atoms with Crippen LogP contribution < -0.4 is 20.1 Å². The molecule has 16 heteroatoms. The highest BCUT2D eigenvalue weighted by Crippen LogP contribution is 2.42. The molecule has 50 heavy (non-hydrogen) atoms. The highest BCUT2D eigenvalue weighted by atomic mass is 79.9. The number of aromatic hydroxyl groups is 2. The van der Waals surface area contributed by atoms with Crippen molar-refractivity contribution in [1.29, 1.82) is 0 Å². The van der Waals surface area contributed by atoms with Crippen molar-refractivity contribution in [3.8, 4) is 34.5 Å². The molecular weight excluding hydrogens is 912 g/mol. The van der Waals surface area contributed by atoms with Crippen molar-refractivity contribution in [3.05, 3.63) is 107 Å². The van der Waals surface area contributed by atoms with Crippen LogP contribution in [0.5, 0.6) is 34.5 Å². The highest BCUT2D eigenvalue weighted by Gasteiger charge is 2.19. The van der Waals surface area contributed by atoms with Gasteiger partial charge in [0.2, 0.25) is 0 Å². The van der Waals surface area contributed by atoms with Crippen LogP contribution in [0.3, 0.4) is 0 Å². The molecular formula is C34H26Br4N4O8. The second-order valence-electron chi connectivity index (χ2n) is 10.8. The van der Waals surface area contributed by atoms with Gasteiger partial charge in [-0.25, -0.2) is 0 Å². The molecule has 0 atom stereocenters. The molecule has 4 aliphatic heterocycles. The Bertz CT molecular complexity index is 2070. The van der Waals surface area contributed by atoms with Crippen LogP contribution in [0.15, 0.2) is 95.1 Å². The molecule has 0 aromatic heterocycles. The summed E-state index contributed by atoms with van der Waals surface area (Å²) in [7, 11) is 0. The molecule has 6 N–H and O–H groups in total. The molecule has 258 valence electrons. The molecule has 4 aromatic rings. The number of halogens is 4. The van der Waals surface area contributed by atoms with Crippen molar-refractivity contribution in [2.45, 2.75) is 19.3 Å². The van der Waals surface area contributed by atoms with Gasteiger partial charge in [-0.3, -0.25) is 9.59 Å². The van der Waals surface area contributed by atoms with E-state index in [-0.39, 0.29) is 58.3 Å². The smallest absolute Gasteiger partial charge is 0.273 e. The average Bonchev–Trinajstić information content (AvgIpc) is 3.08. The zero-order chi connectivity index (χ0) is 35.9. The van der Waals surface area contributed by atoms with Crippen LogP contribution in [0.4, 0.5) is 0 Å². The summed E-state index contributed by atoms with van der Waals surface area (Å²) in [6, 6.07) is 16.5. The summed E-state index contributed by atoms with van der Waals surface area (Å²) in [5.74, 6) is -0.629. The third-order valence-electron chi connectivity index (χ3n) is 7.27. The fraction of sp³-hybridized carbons (Fsp3) is 0.118. The van der Waals surface area contributed by atoms with Crippen LogP contribution >= 0.6 is 63.7 Å². The maximum absolute atomic E-state index is 12.9. The number of oxime groups is 2. The second kappa shape index (κ2) is 16.6. The normalized spacial score (nSPS) is 16.6. The predicted molar refractivity (Wildman–Crippen MR) is 200 cm³/mol. The Morgan fingerprint density at radius 3 is 1.78 bits per heavy atom. The highest BCUT2D eigenvalue weighted by molar-refractivity contribution is 9.11. The lowest BCUT2D eigenvalue weighted by Crippen LogP contribution is -2.33. The zero-order valence-electron chi connectivity index (χ0n) is 25.6. The van der Waals surface area contributed by atoms with Gasteiger partial charge in [0.05, 0.1) is 17.9 Å². The van der Waals surface area contributed by atoms with E-state index in [4.69, 9.17) is 9.47 Å². The fourth-order valence-corrected chi connectivity index (χ4v) is 6.73. The third-order valence-corrected chi connectivity index (χ3v) is 9.72. The maximum Gasteiger partial charge on any atom is 0.273 e. The number of nitrogens with zero attached hydrogens (tertiary/aromatic N) is 2. The second-order valence-corrected chi connectivity index (χ2v) is 14.2. The van der Waals surface area contributed by atoms with Gasteiger partial charge in [-0.2, -0.15) is 0 Å². The molecule has 0 saturated heterocycles. The SMILES string of the molecule is O=C1N/C=C\c2ccc(c(Br)c2)Oc2cc(cc(Br)c2O)CCNC(=O)/C(=N\O)Cc2ccc(c(Br)c2)Oc2cc(cc(Br)c2O)C/C1=N/O. The summed E-state index contributed by atoms with van der Waals surface area (Å²) in [6.45, 7) is 0.190. The number of rotatable bonds is 0. The Kier molecular flexibility index (Phi) is 12.2. The van der Waals surface area contributed by atoms with E-state index in [0.717, 1.165) is 5.56 Å². The molecule has 4 aromatic carbocycles. The summed E-state index contributed by atoms with van der Waals surface area (Å²) in [4.78, 5) is 25.8. The molecule has 2 amide bonds. The van der Waals surface area contributed by atoms with Gasteiger partial charge in [-0.05, 0) is 147 Å². The van der Waals surface area contributed by atoms with Crippen LogP contribution in [0.2, 0.25) is 0 Å². The number of phenols is 2. The van der Waals surface area contributed by atoms with Gasteiger partial charge in [-0.15, -0.1) is 0 Å². The summed E-state index contributed by atoms with van der Waals surface area (Å²) in [5, 5.41) is 52.4. The number of hydrogen-bond acceptors (Lipinski definition) is 10. The lowest BCUT2D eigenvalue weighted by atomic mass is 10.1. The molecule has 0 aliphatic carbocycles. The standard InChI is InChI=1S/C34H26Br4N4O8/c35-21-9-17-1-3-27(21)49-29-15-19(11-23(37)31(29)43)6-8-40-33(45)25(41-47)13-18-2-4-28(22(36)10-18)50-30-16-20(12-24(38)32(30)44)14-26(42-48)34(46)39-7-5-17/h1-5,7,9-12,15-16,43-44,47-48H,6,8,13-14H2,(H,39,46)(H,40,45)/b7-5-,41-25-,42-26-. The van der Waals surface area contributed by atoms with E-state index < -0.39 is 11.8 Å². The minimum Gasteiger partial charge on any atom is -0.503 e. The Morgan fingerprint density at radius 1 is 0.620 bits per heavy atom. The van der Waals surface area contributed by atoms with Crippen LogP contribution in [0.1, 0.15) is 22.3 Å².